The molecule has 1 aromatic carbocycles. The van der Waals surface area contributed by atoms with Gasteiger partial charge in [0.05, 0.1) is 12.6 Å². The molecular weight excluding hydrogens is 280 g/mol. The molecule has 1 heterocycles. The summed E-state index contributed by atoms with van der Waals surface area (Å²) >= 11 is 0. The Morgan fingerprint density at radius 3 is 2.59 bits per heavy atom. The SMILES string of the molecule is CC(O)Cn1c(CCCc2ccccc2)nc(C(N)=O)c1N. The van der Waals surface area contributed by atoms with Crippen LogP contribution in [0.15, 0.2) is 30.3 Å². The molecule has 1 unspecified atom stereocenters. The number of imidazole rings is 1. The lowest BCUT2D eigenvalue weighted by Gasteiger charge is -2.11. The number of nitrogens with zero attached hydrogens (tertiary/aromatic N) is 2. The summed E-state index contributed by atoms with van der Waals surface area (Å²) in [7, 11) is 0. The highest BCUT2D eigenvalue weighted by atomic mass is 16.3. The average molecular weight is 302 g/mol. The van der Waals surface area contributed by atoms with E-state index < -0.39 is 12.0 Å². The third-order valence-corrected chi connectivity index (χ3v) is 3.47. The van der Waals surface area contributed by atoms with Crippen LogP contribution in [0, 0.1) is 0 Å². The van der Waals surface area contributed by atoms with Crippen molar-refractivity contribution in [2.75, 3.05) is 5.73 Å². The molecule has 1 amide bonds. The maximum Gasteiger partial charge on any atom is 0.271 e. The molecule has 0 saturated heterocycles. The predicted molar refractivity (Wildman–Crippen MR) is 85.3 cm³/mol. The fraction of sp³-hybridized carbons (Fsp3) is 0.375. The molecule has 1 atom stereocenters. The van der Waals surface area contributed by atoms with E-state index in [1.165, 1.54) is 5.56 Å². The molecule has 2 aromatic rings. The highest BCUT2D eigenvalue weighted by Gasteiger charge is 2.19. The Hall–Kier alpha value is -2.34. The summed E-state index contributed by atoms with van der Waals surface area (Å²) in [6.07, 6.45) is 1.87. The largest absolute Gasteiger partial charge is 0.392 e. The summed E-state index contributed by atoms with van der Waals surface area (Å²) < 4.78 is 1.68. The van der Waals surface area contributed by atoms with Crippen molar-refractivity contribution in [3.63, 3.8) is 0 Å². The first-order chi connectivity index (χ1) is 10.5. The van der Waals surface area contributed by atoms with E-state index in [2.05, 4.69) is 17.1 Å². The fourth-order valence-electron chi connectivity index (χ4n) is 2.45. The molecular formula is C16H22N4O2. The van der Waals surface area contributed by atoms with Crippen LogP contribution in [0.25, 0.3) is 0 Å². The number of carbonyl (C=O) groups is 1. The first kappa shape index (κ1) is 16.0. The van der Waals surface area contributed by atoms with Crippen molar-refractivity contribution in [3.8, 4) is 0 Å². The van der Waals surface area contributed by atoms with Crippen molar-refractivity contribution in [2.24, 2.45) is 5.73 Å². The van der Waals surface area contributed by atoms with Gasteiger partial charge in [-0.2, -0.15) is 0 Å². The zero-order valence-corrected chi connectivity index (χ0v) is 12.7. The lowest BCUT2D eigenvalue weighted by Crippen LogP contribution is -2.18. The molecule has 118 valence electrons. The minimum absolute atomic E-state index is 0.0790. The monoisotopic (exact) mass is 302 g/mol. The molecule has 0 spiro atoms. The molecule has 0 fully saturated rings. The van der Waals surface area contributed by atoms with Crippen LogP contribution in [0.1, 0.15) is 35.2 Å². The summed E-state index contributed by atoms with van der Waals surface area (Å²) in [5.41, 5.74) is 12.5. The maximum absolute atomic E-state index is 11.4. The van der Waals surface area contributed by atoms with Gasteiger partial charge in [0.2, 0.25) is 0 Å². The smallest absolute Gasteiger partial charge is 0.271 e. The minimum atomic E-state index is -0.647. The van der Waals surface area contributed by atoms with Gasteiger partial charge in [-0.15, -0.1) is 0 Å². The topological polar surface area (TPSA) is 107 Å². The van der Waals surface area contributed by atoms with E-state index >= 15 is 0 Å². The van der Waals surface area contributed by atoms with Crippen LogP contribution in [-0.2, 0) is 19.4 Å². The number of amides is 1. The number of nitrogens with two attached hydrogens (primary N) is 2. The number of hydrogen-bond acceptors (Lipinski definition) is 4. The number of carbonyl (C=O) groups excluding carboxylic acids is 1. The summed E-state index contributed by atoms with van der Waals surface area (Å²) in [4.78, 5) is 15.6. The van der Waals surface area contributed by atoms with Gasteiger partial charge in [-0.1, -0.05) is 30.3 Å². The summed E-state index contributed by atoms with van der Waals surface area (Å²) in [6, 6.07) is 10.1. The molecule has 2 rings (SSSR count). The van der Waals surface area contributed by atoms with Crippen molar-refractivity contribution >= 4 is 11.7 Å². The highest BCUT2D eigenvalue weighted by molar-refractivity contribution is 5.95. The second kappa shape index (κ2) is 7.09. The number of aliphatic hydroxyl groups excluding tert-OH is 1. The van der Waals surface area contributed by atoms with Gasteiger partial charge in [-0.3, -0.25) is 4.79 Å². The molecule has 1 aromatic heterocycles. The van der Waals surface area contributed by atoms with Crippen LogP contribution in [0.2, 0.25) is 0 Å². The number of benzene rings is 1. The van der Waals surface area contributed by atoms with Gasteiger partial charge in [0.15, 0.2) is 5.69 Å². The zero-order chi connectivity index (χ0) is 16.1. The van der Waals surface area contributed by atoms with E-state index in [4.69, 9.17) is 11.5 Å². The Labute approximate surface area is 129 Å². The predicted octanol–water partition coefficient (Wildman–Crippen LogP) is 1.12. The van der Waals surface area contributed by atoms with Gasteiger partial charge in [0.1, 0.15) is 11.6 Å². The van der Waals surface area contributed by atoms with Crippen LogP contribution in [-0.4, -0.2) is 26.7 Å². The number of anilines is 1. The van der Waals surface area contributed by atoms with E-state index in [0.29, 0.717) is 18.8 Å². The van der Waals surface area contributed by atoms with Crippen molar-refractivity contribution in [2.45, 2.75) is 38.8 Å². The van der Waals surface area contributed by atoms with Gasteiger partial charge in [0, 0.05) is 6.42 Å². The lowest BCUT2D eigenvalue weighted by molar-refractivity contribution is 0.0996. The number of primary amides is 1. The fourth-order valence-corrected chi connectivity index (χ4v) is 2.45. The number of hydrogen-bond donors (Lipinski definition) is 3. The van der Waals surface area contributed by atoms with E-state index in [1.54, 1.807) is 11.5 Å². The molecule has 22 heavy (non-hydrogen) atoms. The first-order valence-electron chi connectivity index (χ1n) is 7.35. The van der Waals surface area contributed by atoms with Crippen molar-refractivity contribution in [1.29, 1.82) is 0 Å². The standard InChI is InChI=1S/C16H22N4O2/c1-11(21)10-20-13(19-14(15(20)17)16(18)22)9-5-8-12-6-3-2-4-7-12/h2-4,6-7,11,21H,5,8-10,17H2,1H3,(H2,18,22). The molecule has 0 aliphatic rings. The molecule has 0 saturated carbocycles. The van der Waals surface area contributed by atoms with Crippen LogP contribution < -0.4 is 11.5 Å². The number of aromatic nitrogens is 2. The number of nitrogen functional groups attached to an aromatic ring is 1. The maximum atomic E-state index is 11.4. The number of aliphatic hydroxyl groups is 1. The van der Waals surface area contributed by atoms with Gasteiger partial charge in [-0.05, 0) is 25.3 Å². The Morgan fingerprint density at radius 1 is 1.32 bits per heavy atom. The van der Waals surface area contributed by atoms with Crippen LogP contribution >= 0.6 is 0 Å². The highest BCUT2D eigenvalue weighted by Crippen LogP contribution is 2.17. The van der Waals surface area contributed by atoms with Gasteiger partial charge >= 0.3 is 0 Å². The van der Waals surface area contributed by atoms with Gasteiger partial charge < -0.3 is 21.1 Å². The second-order valence-corrected chi connectivity index (χ2v) is 5.42. The zero-order valence-electron chi connectivity index (χ0n) is 12.7. The van der Waals surface area contributed by atoms with E-state index in [0.717, 1.165) is 12.8 Å². The molecule has 0 bridgehead atoms. The number of aryl methyl sites for hydroxylation is 2. The van der Waals surface area contributed by atoms with Crippen LogP contribution in [0.5, 0.6) is 0 Å². The lowest BCUT2D eigenvalue weighted by atomic mass is 10.1. The summed E-state index contributed by atoms with van der Waals surface area (Å²) in [5.74, 6) is 0.261. The van der Waals surface area contributed by atoms with Crippen molar-refractivity contribution < 1.29 is 9.90 Å². The van der Waals surface area contributed by atoms with Gasteiger partial charge in [0.25, 0.3) is 5.91 Å². The van der Waals surface area contributed by atoms with E-state index in [9.17, 15) is 9.90 Å². The van der Waals surface area contributed by atoms with Crippen molar-refractivity contribution in [3.05, 3.63) is 47.4 Å². The van der Waals surface area contributed by atoms with Crippen molar-refractivity contribution in [1.82, 2.24) is 9.55 Å². The summed E-state index contributed by atoms with van der Waals surface area (Å²) in [5, 5.41) is 9.59. The molecule has 6 heteroatoms. The second-order valence-electron chi connectivity index (χ2n) is 5.42. The molecule has 6 nitrogen and oxygen atoms in total. The molecule has 0 radical (unpaired) electrons. The Balaban J connectivity index is 2.11. The Bertz CT molecular complexity index is 635. The van der Waals surface area contributed by atoms with Gasteiger partial charge in [-0.25, -0.2) is 4.98 Å². The Morgan fingerprint density at radius 2 is 2.00 bits per heavy atom. The Kier molecular flexibility index (Phi) is 5.16. The quantitative estimate of drug-likeness (QED) is 0.712. The number of rotatable bonds is 7. The molecule has 0 aliphatic carbocycles. The van der Waals surface area contributed by atoms with Crippen LogP contribution in [0.3, 0.4) is 0 Å². The molecule has 5 N–H and O–H groups in total. The van der Waals surface area contributed by atoms with E-state index in [1.807, 2.05) is 18.2 Å². The third kappa shape index (κ3) is 3.85. The third-order valence-electron chi connectivity index (χ3n) is 3.47. The van der Waals surface area contributed by atoms with E-state index in [-0.39, 0.29) is 11.5 Å². The summed E-state index contributed by atoms with van der Waals surface area (Å²) in [6.45, 7) is 1.96. The average Bonchev–Trinajstić information content (AvgIpc) is 2.77. The minimum Gasteiger partial charge on any atom is -0.392 e. The first-order valence-corrected chi connectivity index (χ1v) is 7.35. The molecule has 0 aliphatic heterocycles. The normalized spacial score (nSPS) is 12.3. The van der Waals surface area contributed by atoms with Crippen LogP contribution in [0.4, 0.5) is 5.82 Å².